The van der Waals surface area contributed by atoms with Crippen LogP contribution in [0.4, 0.5) is 4.39 Å². The summed E-state index contributed by atoms with van der Waals surface area (Å²) in [6.45, 7) is 9.67. The van der Waals surface area contributed by atoms with Crippen molar-refractivity contribution in [1.82, 2.24) is 14.5 Å². The predicted octanol–water partition coefficient (Wildman–Crippen LogP) is 4.23. The summed E-state index contributed by atoms with van der Waals surface area (Å²) in [5.74, 6) is 0.689. The first-order chi connectivity index (χ1) is 12.7. The Morgan fingerprint density at radius 1 is 1.27 bits per heavy atom. The minimum absolute atomic E-state index is 0.227. The third-order valence-electron chi connectivity index (χ3n) is 4.30. The minimum atomic E-state index is -0.227. The lowest BCUT2D eigenvalue weighted by Gasteiger charge is -2.35. The van der Waals surface area contributed by atoms with Crippen LogP contribution < -0.4 is 5.32 Å². The molecular weight excluding hydrogens is 347 g/mol. The first kappa shape index (κ1) is 20.5. The van der Waals surface area contributed by atoms with E-state index in [0.717, 1.165) is 62.5 Å². The number of hydrogen-bond donors (Lipinski definition) is 1. The summed E-state index contributed by atoms with van der Waals surface area (Å²) in [6.07, 6.45) is 8.74. The molecule has 1 aliphatic rings. The second-order valence-corrected chi connectivity index (χ2v) is 7.03. The van der Waals surface area contributed by atoms with Gasteiger partial charge in [-0.2, -0.15) is 0 Å². The molecule has 1 fully saturated rings. The highest BCUT2D eigenvalue weighted by molar-refractivity contribution is 7.96. The van der Waals surface area contributed by atoms with E-state index in [1.807, 2.05) is 18.3 Å². The van der Waals surface area contributed by atoms with Crippen molar-refractivity contribution in [2.45, 2.75) is 26.2 Å². The molecule has 0 saturated carbocycles. The average molecular weight is 377 g/mol. The summed E-state index contributed by atoms with van der Waals surface area (Å²) < 4.78 is 15.7. The van der Waals surface area contributed by atoms with Crippen molar-refractivity contribution < 1.29 is 4.39 Å². The lowest BCUT2D eigenvalue weighted by molar-refractivity contribution is 0.283. The molecule has 4 nitrogen and oxygen atoms in total. The van der Waals surface area contributed by atoms with E-state index >= 15 is 0 Å². The molecule has 1 heterocycles. The summed E-state index contributed by atoms with van der Waals surface area (Å²) in [5.41, 5.74) is 1.93. The van der Waals surface area contributed by atoms with Gasteiger partial charge in [-0.1, -0.05) is 31.9 Å². The maximum absolute atomic E-state index is 13.4. The fourth-order valence-electron chi connectivity index (χ4n) is 2.81. The maximum atomic E-state index is 13.4. The van der Waals surface area contributed by atoms with Gasteiger partial charge in [0.25, 0.3) is 0 Å². The van der Waals surface area contributed by atoms with Crippen LogP contribution in [0, 0.1) is 5.82 Å². The van der Waals surface area contributed by atoms with Crippen molar-refractivity contribution in [2.24, 2.45) is 4.99 Å². The Morgan fingerprint density at radius 2 is 1.96 bits per heavy atom. The Labute approximate surface area is 161 Å². The van der Waals surface area contributed by atoms with Gasteiger partial charge in [0.1, 0.15) is 11.7 Å². The van der Waals surface area contributed by atoms with Crippen LogP contribution in [0.15, 0.2) is 53.9 Å². The molecule has 0 aromatic heterocycles. The van der Waals surface area contributed by atoms with Crippen LogP contribution in [0.25, 0.3) is 0 Å². The second kappa shape index (κ2) is 11.0. The van der Waals surface area contributed by atoms with Gasteiger partial charge in [0, 0.05) is 37.9 Å². The number of allylic oxidation sites excluding steroid dienone is 1. The molecule has 2 rings (SSSR count). The fourth-order valence-corrected chi connectivity index (χ4v) is 3.34. The number of piperazine rings is 1. The molecule has 1 N–H and O–H groups in total. The average Bonchev–Trinajstić information content (AvgIpc) is 2.68. The van der Waals surface area contributed by atoms with Crippen molar-refractivity contribution in [1.29, 1.82) is 0 Å². The number of aliphatic imine (C=N–C) groups is 1. The van der Waals surface area contributed by atoms with Gasteiger partial charge < -0.3 is 10.2 Å². The third-order valence-corrected chi connectivity index (χ3v) is 5.18. The normalized spacial score (nSPS) is 16.7. The quantitative estimate of drug-likeness (QED) is 0.418. The number of nitrogens with one attached hydrogen (secondary N) is 1. The van der Waals surface area contributed by atoms with Gasteiger partial charge in [-0.15, -0.1) is 0 Å². The number of amidine groups is 1. The van der Waals surface area contributed by atoms with Crippen LogP contribution in [0.3, 0.4) is 0 Å². The van der Waals surface area contributed by atoms with Crippen molar-refractivity contribution in [3.8, 4) is 0 Å². The van der Waals surface area contributed by atoms with Crippen molar-refractivity contribution >= 4 is 17.8 Å². The van der Waals surface area contributed by atoms with E-state index in [1.165, 1.54) is 12.1 Å². The minimum Gasteiger partial charge on any atom is -0.367 e. The Morgan fingerprint density at radius 3 is 2.54 bits per heavy atom. The standard InChI is InChI=1S/C20H29FN4S/c1-4-6-7-19(16-22-5-2)23-20(17-8-10-18(21)11-9-17)24-12-14-25(26-3)15-13-24/h5,8-11,16,22H,2,4,6-7,12-15H2,1,3H3/b19-16-,23-20?. The zero-order valence-corrected chi connectivity index (χ0v) is 16.6. The van der Waals surface area contributed by atoms with Crippen molar-refractivity contribution in [3.63, 3.8) is 0 Å². The summed E-state index contributed by atoms with van der Waals surface area (Å²) in [5, 5.41) is 3.05. The number of benzene rings is 1. The highest BCUT2D eigenvalue weighted by Crippen LogP contribution is 2.17. The van der Waals surface area contributed by atoms with Gasteiger partial charge in [-0.3, -0.25) is 0 Å². The number of unbranched alkanes of at least 4 members (excludes halogenated alkanes) is 1. The van der Waals surface area contributed by atoms with Crippen LogP contribution in [0.5, 0.6) is 0 Å². The molecule has 0 amide bonds. The number of halogens is 1. The van der Waals surface area contributed by atoms with Crippen LogP contribution in [-0.2, 0) is 0 Å². The molecule has 1 aromatic rings. The predicted molar refractivity (Wildman–Crippen MR) is 111 cm³/mol. The van der Waals surface area contributed by atoms with Gasteiger partial charge in [-0.05, 0) is 49.6 Å². The van der Waals surface area contributed by atoms with E-state index in [2.05, 4.69) is 34.3 Å². The molecule has 142 valence electrons. The Kier molecular flexibility index (Phi) is 8.71. The summed E-state index contributed by atoms with van der Waals surface area (Å²) in [7, 11) is 0. The maximum Gasteiger partial charge on any atom is 0.136 e. The number of hydrogen-bond acceptors (Lipinski definition) is 4. The van der Waals surface area contributed by atoms with Gasteiger partial charge in [0.05, 0.1) is 5.70 Å². The second-order valence-electron chi connectivity index (χ2n) is 6.15. The molecule has 0 radical (unpaired) electrons. The SMILES string of the molecule is C=CN/C=C(/CCCC)N=C(c1ccc(F)cc1)N1CCN(SC)CC1. The first-order valence-corrected chi connectivity index (χ1v) is 10.3. The Bertz CT molecular complexity index is 619. The van der Waals surface area contributed by atoms with Crippen molar-refractivity contribution in [2.75, 3.05) is 32.4 Å². The van der Waals surface area contributed by atoms with Crippen LogP contribution in [0.2, 0.25) is 0 Å². The lowest BCUT2D eigenvalue weighted by Crippen LogP contribution is -2.46. The number of nitrogens with zero attached hydrogens (tertiary/aromatic N) is 3. The summed E-state index contributed by atoms with van der Waals surface area (Å²) >= 11 is 1.78. The highest BCUT2D eigenvalue weighted by Gasteiger charge is 2.21. The van der Waals surface area contributed by atoms with E-state index in [0.29, 0.717) is 0 Å². The molecule has 0 atom stereocenters. The zero-order valence-electron chi connectivity index (χ0n) is 15.7. The monoisotopic (exact) mass is 376 g/mol. The Hall–Kier alpha value is -1.79. The molecule has 0 spiro atoms. The van der Waals surface area contributed by atoms with E-state index in [9.17, 15) is 4.39 Å². The molecule has 1 aliphatic heterocycles. The van der Waals surface area contributed by atoms with E-state index in [4.69, 9.17) is 4.99 Å². The summed E-state index contributed by atoms with van der Waals surface area (Å²) in [4.78, 5) is 7.27. The van der Waals surface area contributed by atoms with E-state index in [1.54, 1.807) is 18.1 Å². The molecule has 1 saturated heterocycles. The zero-order chi connectivity index (χ0) is 18.8. The highest BCUT2D eigenvalue weighted by atomic mass is 32.2. The van der Waals surface area contributed by atoms with E-state index in [-0.39, 0.29) is 5.82 Å². The summed E-state index contributed by atoms with van der Waals surface area (Å²) in [6, 6.07) is 6.63. The van der Waals surface area contributed by atoms with Gasteiger partial charge in [-0.25, -0.2) is 13.7 Å². The molecule has 0 aliphatic carbocycles. The van der Waals surface area contributed by atoms with Crippen LogP contribution in [-0.4, -0.2) is 47.5 Å². The van der Waals surface area contributed by atoms with E-state index < -0.39 is 0 Å². The van der Waals surface area contributed by atoms with Gasteiger partial charge >= 0.3 is 0 Å². The molecule has 0 bridgehead atoms. The fraction of sp³-hybridized carbons (Fsp3) is 0.450. The molecule has 6 heteroatoms. The lowest BCUT2D eigenvalue weighted by atomic mass is 10.1. The van der Waals surface area contributed by atoms with Gasteiger partial charge in [0.2, 0.25) is 0 Å². The molecular formula is C20H29FN4S. The van der Waals surface area contributed by atoms with Crippen LogP contribution >= 0.6 is 11.9 Å². The smallest absolute Gasteiger partial charge is 0.136 e. The molecule has 26 heavy (non-hydrogen) atoms. The van der Waals surface area contributed by atoms with Crippen molar-refractivity contribution in [3.05, 3.63) is 60.3 Å². The topological polar surface area (TPSA) is 30.9 Å². The first-order valence-electron chi connectivity index (χ1n) is 9.12. The molecule has 1 aromatic carbocycles. The Balaban J connectivity index is 2.31. The van der Waals surface area contributed by atoms with Crippen LogP contribution in [0.1, 0.15) is 31.7 Å². The largest absolute Gasteiger partial charge is 0.367 e. The molecule has 0 unspecified atom stereocenters. The number of rotatable bonds is 8. The third kappa shape index (κ3) is 6.18. The van der Waals surface area contributed by atoms with Gasteiger partial charge in [0.15, 0.2) is 0 Å².